The van der Waals surface area contributed by atoms with Crippen LogP contribution in [0, 0.1) is 6.92 Å². The maximum Gasteiger partial charge on any atom is 0.279 e. The second-order valence-corrected chi connectivity index (χ2v) is 10.4. The van der Waals surface area contributed by atoms with E-state index in [-0.39, 0.29) is 11.4 Å². The second kappa shape index (κ2) is 8.85. The van der Waals surface area contributed by atoms with Gasteiger partial charge in [-0.1, -0.05) is 17.4 Å². The van der Waals surface area contributed by atoms with E-state index < -0.39 is 15.9 Å². The van der Waals surface area contributed by atoms with Crippen molar-refractivity contribution in [1.82, 2.24) is 8.87 Å². The molecule has 32 heavy (non-hydrogen) atoms. The number of fused-ring (bicyclic) bond motifs is 1. The molecule has 9 heteroatoms. The highest BCUT2D eigenvalue weighted by molar-refractivity contribution is 7.89. The highest BCUT2D eigenvalue weighted by atomic mass is 32.2. The van der Waals surface area contributed by atoms with E-state index in [2.05, 4.69) is 11.1 Å². The van der Waals surface area contributed by atoms with E-state index in [1.807, 2.05) is 30.5 Å². The van der Waals surface area contributed by atoms with Gasteiger partial charge in [-0.25, -0.2) is 8.42 Å². The van der Waals surface area contributed by atoms with Crippen molar-refractivity contribution in [3.63, 3.8) is 0 Å². The molecule has 7 nitrogen and oxygen atoms in total. The zero-order valence-electron chi connectivity index (χ0n) is 18.0. The number of rotatable bonds is 6. The van der Waals surface area contributed by atoms with E-state index in [0.29, 0.717) is 22.7 Å². The summed E-state index contributed by atoms with van der Waals surface area (Å²) in [6, 6.07) is 15.4. The summed E-state index contributed by atoms with van der Waals surface area (Å²) in [4.78, 5) is 17.8. The lowest BCUT2D eigenvalue weighted by Crippen LogP contribution is -2.26. The van der Waals surface area contributed by atoms with Gasteiger partial charge in [0.2, 0.25) is 10.0 Å². The van der Waals surface area contributed by atoms with Gasteiger partial charge in [0.05, 0.1) is 27.9 Å². The smallest absolute Gasteiger partial charge is 0.279 e. The molecular formula is C23H23N3O4S2. The topological polar surface area (TPSA) is 84.9 Å². The molecule has 0 atom stereocenters. The van der Waals surface area contributed by atoms with Crippen LogP contribution >= 0.6 is 11.3 Å². The van der Waals surface area contributed by atoms with Gasteiger partial charge < -0.3 is 8.98 Å². The lowest BCUT2D eigenvalue weighted by Gasteiger charge is -2.16. The summed E-state index contributed by atoms with van der Waals surface area (Å²) >= 11 is 1.46. The predicted octanol–water partition coefficient (Wildman–Crippen LogP) is 4.19. The van der Waals surface area contributed by atoms with Crippen LogP contribution in [0.3, 0.4) is 0 Å². The first-order valence-corrected chi connectivity index (χ1v) is 12.3. The van der Waals surface area contributed by atoms with Gasteiger partial charge in [0, 0.05) is 19.2 Å². The summed E-state index contributed by atoms with van der Waals surface area (Å²) in [6.07, 6.45) is 1.50. The Morgan fingerprint density at radius 1 is 1.16 bits per heavy atom. The molecular weight excluding hydrogens is 446 g/mol. The molecule has 0 unspecified atom stereocenters. The lowest BCUT2D eigenvalue weighted by molar-refractivity contribution is 0.0997. The van der Waals surface area contributed by atoms with Gasteiger partial charge in [-0.05, 0) is 67.9 Å². The molecule has 4 rings (SSSR count). The fourth-order valence-electron chi connectivity index (χ4n) is 3.38. The summed E-state index contributed by atoms with van der Waals surface area (Å²) in [5, 5.41) is 0. The van der Waals surface area contributed by atoms with Crippen molar-refractivity contribution in [2.75, 3.05) is 7.05 Å². The van der Waals surface area contributed by atoms with Crippen LogP contribution in [0.2, 0.25) is 0 Å². The van der Waals surface area contributed by atoms with Gasteiger partial charge in [0.25, 0.3) is 5.91 Å². The Kier molecular flexibility index (Phi) is 6.14. The molecule has 0 bridgehead atoms. The molecule has 0 saturated heterocycles. The van der Waals surface area contributed by atoms with E-state index in [1.54, 1.807) is 12.1 Å². The zero-order valence-corrected chi connectivity index (χ0v) is 19.6. The summed E-state index contributed by atoms with van der Waals surface area (Å²) < 4.78 is 35.1. The molecule has 0 radical (unpaired) electrons. The van der Waals surface area contributed by atoms with Crippen LogP contribution < -0.4 is 4.80 Å². The zero-order chi connectivity index (χ0) is 22.9. The third kappa shape index (κ3) is 4.32. The van der Waals surface area contributed by atoms with Crippen molar-refractivity contribution in [3.05, 3.63) is 82.5 Å². The molecule has 0 N–H and O–H groups in total. The highest BCUT2D eigenvalue weighted by Gasteiger charge is 2.22. The Balaban J connectivity index is 1.60. The van der Waals surface area contributed by atoms with Crippen molar-refractivity contribution in [3.8, 4) is 0 Å². The van der Waals surface area contributed by atoms with Crippen LogP contribution in [0.15, 0.2) is 75.2 Å². The molecule has 0 aliphatic heterocycles. The van der Waals surface area contributed by atoms with Crippen molar-refractivity contribution >= 4 is 37.5 Å². The number of aromatic nitrogens is 1. The monoisotopic (exact) mass is 469 g/mol. The molecule has 0 saturated carbocycles. The fourth-order valence-corrected chi connectivity index (χ4v) is 5.71. The van der Waals surface area contributed by atoms with Crippen LogP contribution in [-0.2, 0) is 23.1 Å². The van der Waals surface area contributed by atoms with Gasteiger partial charge in [-0.15, -0.1) is 0 Å². The Morgan fingerprint density at radius 2 is 1.91 bits per heavy atom. The molecule has 2 heterocycles. The lowest BCUT2D eigenvalue weighted by atomic mass is 10.2. The number of amides is 1. The number of carbonyl (C=O) groups excluding carboxylic acids is 1. The normalized spacial score (nSPS) is 12.7. The molecule has 4 aromatic rings. The minimum atomic E-state index is -3.72. The maximum absolute atomic E-state index is 12.8. The van der Waals surface area contributed by atoms with Crippen LogP contribution in [0.1, 0.15) is 28.6 Å². The first-order valence-electron chi connectivity index (χ1n) is 10.1. The minimum Gasteiger partial charge on any atom is -0.468 e. The first kappa shape index (κ1) is 22.2. The average Bonchev–Trinajstić information content (AvgIpc) is 3.40. The fraction of sp³-hybridized carbons (Fsp3) is 0.217. The minimum absolute atomic E-state index is 0.101. The molecule has 0 fully saturated rings. The van der Waals surface area contributed by atoms with Gasteiger partial charge in [0.15, 0.2) is 4.80 Å². The third-order valence-electron chi connectivity index (χ3n) is 5.12. The Hall–Kier alpha value is -3.01. The van der Waals surface area contributed by atoms with Gasteiger partial charge in [0.1, 0.15) is 5.76 Å². The van der Waals surface area contributed by atoms with Crippen LogP contribution in [0.5, 0.6) is 0 Å². The number of hydrogen-bond donors (Lipinski definition) is 0. The SMILES string of the molecule is CCn1c(=NC(=O)c2ccc(S(=O)(=O)N(C)Cc3ccco3)cc2)sc2cc(C)ccc21. The van der Waals surface area contributed by atoms with E-state index >= 15 is 0 Å². The van der Waals surface area contributed by atoms with Gasteiger partial charge in [-0.2, -0.15) is 9.30 Å². The molecule has 1 amide bonds. The van der Waals surface area contributed by atoms with Crippen LogP contribution in [0.25, 0.3) is 10.2 Å². The second-order valence-electron chi connectivity index (χ2n) is 7.38. The predicted molar refractivity (Wildman–Crippen MR) is 124 cm³/mol. The summed E-state index contributed by atoms with van der Waals surface area (Å²) in [5.74, 6) is 0.132. The summed E-state index contributed by atoms with van der Waals surface area (Å²) in [7, 11) is -2.23. The first-order chi connectivity index (χ1) is 15.3. The van der Waals surface area contributed by atoms with E-state index in [4.69, 9.17) is 4.42 Å². The maximum atomic E-state index is 12.8. The molecule has 0 aliphatic rings. The molecule has 0 aliphatic carbocycles. The summed E-state index contributed by atoms with van der Waals surface area (Å²) in [6.45, 7) is 4.84. The number of benzene rings is 2. The van der Waals surface area contributed by atoms with Crippen molar-refractivity contribution < 1.29 is 17.6 Å². The van der Waals surface area contributed by atoms with Crippen LogP contribution in [-0.4, -0.2) is 30.2 Å². The molecule has 2 aromatic heterocycles. The number of aryl methyl sites for hydroxylation is 2. The largest absolute Gasteiger partial charge is 0.468 e. The molecule has 166 valence electrons. The molecule has 2 aromatic carbocycles. The van der Waals surface area contributed by atoms with Crippen LogP contribution in [0.4, 0.5) is 0 Å². The number of nitrogens with zero attached hydrogens (tertiary/aromatic N) is 3. The Bertz CT molecular complexity index is 1430. The Morgan fingerprint density at radius 3 is 2.56 bits per heavy atom. The quantitative estimate of drug-likeness (QED) is 0.424. The van der Waals surface area contributed by atoms with E-state index in [1.165, 1.54) is 53.2 Å². The number of thiazole rings is 1. The average molecular weight is 470 g/mol. The van der Waals surface area contributed by atoms with E-state index in [0.717, 1.165) is 15.8 Å². The third-order valence-corrected chi connectivity index (χ3v) is 7.98. The van der Waals surface area contributed by atoms with E-state index in [9.17, 15) is 13.2 Å². The van der Waals surface area contributed by atoms with Crippen molar-refractivity contribution in [2.24, 2.45) is 4.99 Å². The summed E-state index contributed by atoms with van der Waals surface area (Å²) in [5.41, 5.74) is 2.51. The number of furan rings is 1. The number of carbonyl (C=O) groups is 1. The highest BCUT2D eigenvalue weighted by Crippen LogP contribution is 2.20. The van der Waals surface area contributed by atoms with Gasteiger partial charge >= 0.3 is 0 Å². The van der Waals surface area contributed by atoms with Crippen molar-refractivity contribution in [1.29, 1.82) is 0 Å². The van der Waals surface area contributed by atoms with Crippen molar-refractivity contribution in [2.45, 2.75) is 31.8 Å². The Labute approximate surface area is 190 Å². The van der Waals surface area contributed by atoms with Gasteiger partial charge in [-0.3, -0.25) is 4.79 Å². The standard InChI is InChI=1S/C23H23N3O4S2/c1-4-26-20-12-7-16(2)14-21(20)31-23(26)24-22(27)17-8-10-19(11-9-17)32(28,29)25(3)15-18-6-5-13-30-18/h5-14H,4,15H2,1-3H3. The number of sulfonamides is 1. The molecule has 0 spiro atoms. The number of hydrogen-bond acceptors (Lipinski definition) is 5.